The van der Waals surface area contributed by atoms with Gasteiger partial charge in [-0.15, -0.1) is 0 Å². The van der Waals surface area contributed by atoms with E-state index in [0.29, 0.717) is 12.3 Å². The summed E-state index contributed by atoms with van der Waals surface area (Å²) >= 11 is 0. The number of anilines is 1. The van der Waals surface area contributed by atoms with Crippen molar-refractivity contribution in [2.75, 3.05) is 18.1 Å². The van der Waals surface area contributed by atoms with Gasteiger partial charge >= 0.3 is 6.09 Å². The molecule has 1 heterocycles. The van der Waals surface area contributed by atoms with Gasteiger partial charge in [0.15, 0.2) is 6.10 Å². The first kappa shape index (κ1) is 16.8. The summed E-state index contributed by atoms with van der Waals surface area (Å²) in [4.78, 5) is 24.1. The molecule has 0 N–H and O–H groups in total. The standard InChI is InChI=1S/C20H16N2O5/c23-20-21(19-7-3-5-14-4-1-2-6-18(14)19)12-17(27-20)13-26-16-10-8-15(9-11-16)22(24)25/h1-11,17H,12-13H2. The van der Waals surface area contributed by atoms with Gasteiger partial charge in [0.2, 0.25) is 0 Å². The van der Waals surface area contributed by atoms with Crippen molar-refractivity contribution in [1.29, 1.82) is 0 Å². The molecule has 7 heteroatoms. The van der Waals surface area contributed by atoms with E-state index < -0.39 is 17.1 Å². The van der Waals surface area contributed by atoms with Crippen LogP contribution in [0.15, 0.2) is 66.7 Å². The summed E-state index contributed by atoms with van der Waals surface area (Å²) in [6.07, 6.45) is -0.838. The molecule has 1 saturated heterocycles. The van der Waals surface area contributed by atoms with Crippen LogP contribution in [0.25, 0.3) is 10.8 Å². The minimum absolute atomic E-state index is 0.00299. The number of benzene rings is 3. The van der Waals surface area contributed by atoms with Crippen molar-refractivity contribution in [1.82, 2.24) is 0 Å². The van der Waals surface area contributed by atoms with Gasteiger partial charge in [0.25, 0.3) is 5.69 Å². The van der Waals surface area contributed by atoms with Crippen LogP contribution in [0.2, 0.25) is 0 Å². The Balaban J connectivity index is 1.45. The second-order valence-electron chi connectivity index (χ2n) is 6.18. The van der Waals surface area contributed by atoms with Gasteiger partial charge in [-0.25, -0.2) is 4.79 Å². The van der Waals surface area contributed by atoms with E-state index in [4.69, 9.17) is 9.47 Å². The first-order chi connectivity index (χ1) is 13.1. The van der Waals surface area contributed by atoms with Crippen LogP contribution in [0.5, 0.6) is 5.75 Å². The lowest BCUT2D eigenvalue weighted by Crippen LogP contribution is -2.26. The maximum Gasteiger partial charge on any atom is 0.414 e. The van der Waals surface area contributed by atoms with Gasteiger partial charge < -0.3 is 9.47 Å². The smallest absolute Gasteiger partial charge is 0.414 e. The monoisotopic (exact) mass is 364 g/mol. The molecule has 3 aromatic rings. The minimum atomic E-state index is -0.468. The number of nitro benzene ring substituents is 1. The number of carbonyl (C=O) groups excluding carboxylic acids is 1. The average molecular weight is 364 g/mol. The van der Waals surface area contributed by atoms with Gasteiger partial charge in [0.05, 0.1) is 17.2 Å². The van der Waals surface area contributed by atoms with Gasteiger partial charge in [0, 0.05) is 17.5 Å². The number of cyclic esters (lactones) is 1. The Bertz CT molecular complexity index is 997. The third-order valence-electron chi connectivity index (χ3n) is 4.41. The summed E-state index contributed by atoms with van der Waals surface area (Å²) < 4.78 is 11.0. The number of nitrogens with zero attached hydrogens (tertiary/aromatic N) is 2. The topological polar surface area (TPSA) is 81.9 Å². The molecule has 4 rings (SSSR count). The number of fused-ring (bicyclic) bond motifs is 1. The van der Waals surface area contributed by atoms with E-state index in [9.17, 15) is 14.9 Å². The van der Waals surface area contributed by atoms with Crippen LogP contribution in [0, 0.1) is 10.1 Å². The highest BCUT2D eigenvalue weighted by Gasteiger charge is 2.33. The Morgan fingerprint density at radius 3 is 2.59 bits per heavy atom. The molecule has 0 aromatic heterocycles. The molecule has 0 bridgehead atoms. The molecule has 1 amide bonds. The normalized spacial score (nSPS) is 16.4. The SMILES string of the molecule is O=C1OC(COc2ccc([N+](=O)[O-])cc2)CN1c1cccc2ccccc12. The van der Waals surface area contributed by atoms with E-state index >= 15 is 0 Å². The van der Waals surface area contributed by atoms with Crippen molar-refractivity contribution in [3.05, 3.63) is 76.8 Å². The Hall–Kier alpha value is -3.61. The van der Waals surface area contributed by atoms with E-state index in [1.54, 1.807) is 4.90 Å². The number of nitro groups is 1. The third kappa shape index (κ3) is 3.39. The minimum Gasteiger partial charge on any atom is -0.490 e. The Morgan fingerprint density at radius 1 is 1.07 bits per heavy atom. The van der Waals surface area contributed by atoms with Crippen LogP contribution in [0.3, 0.4) is 0 Å². The van der Waals surface area contributed by atoms with Crippen molar-refractivity contribution in [3.8, 4) is 5.75 Å². The van der Waals surface area contributed by atoms with Crippen LogP contribution < -0.4 is 9.64 Å². The molecule has 136 valence electrons. The fraction of sp³-hybridized carbons (Fsp3) is 0.150. The highest BCUT2D eigenvalue weighted by molar-refractivity contribution is 6.02. The molecule has 3 aromatic carbocycles. The molecular weight excluding hydrogens is 348 g/mol. The molecule has 0 aliphatic carbocycles. The predicted octanol–water partition coefficient (Wildman–Crippen LogP) is 4.15. The number of non-ortho nitro benzene ring substituents is 1. The summed E-state index contributed by atoms with van der Waals surface area (Å²) in [6.45, 7) is 0.546. The summed E-state index contributed by atoms with van der Waals surface area (Å²) in [7, 11) is 0. The van der Waals surface area contributed by atoms with E-state index in [2.05, 4.69) is 0 Å². The van der Waals surface area contributed by atoms with Crippen LogP contribution in [-0.4, -0.2) is 30.3 Å². The van der Waals surface area contributed by atoms with Gasteiger partial charge in [-0.3, -0.25) is 15.0 Å². The van der Waals surface area contributed by atoms with Crippen LogP contribution in [-0.2, 0) is 4.74 Å². The zero-order valence-electron chi connectivity index (χ0n) is 14.3. The molecule has 0 radical (unpaired) electrons. The number of rotatable bonds is 5. The quantitative estimate of drug-likeness (QED) is 0.502. The molecule has 7 nitrogen and oxygen atoms in total. The molecule has 0 saturated carbocycles. The van der Waals surface area contributed by atoms with Crippen molar-refractivity contribution in [3.63, 3.8) is 0 Å². The molecule has 1 unspecified atom stereocenters. The lowest BCUT2D eigenvalue weighted by molar-refractivity contribution is -0.384. The molecule has 1 atom stereocenters. The number of hydrogen-bond acceptors (Lipinski definition) is 5. The lowest BCUT2D eigenvalue weighted by Gasteiger charge is -2.15. The van der Waals surface area contributed by atoms with Gasteiger partial charge in [-0.2, -0.15) is 0 Å². The first-order valence-electron chi connectivity index (χ1n) is 8.45. The molecule has 27 heavy (non-hydrogen) atoms. The van der Waals surface area contributed by atoms with E-state index in [1.807, 2.05) is 42.5 Å². The summed E-state index contributed by atoms with van der Waals surface area (Å²) in [5.41, 5.74) is 0.799. The summed E-state index contributed by atoms with van der Waals surface area (Å²) in [5.74, 6) is 0.486. The van der Waals surface area contributed by atoms with E-state index in [-0.39, 0.29) is 12.3 Å². The van der Waals surface area contributed by atoms with Gasteiger partial charge in [-0.1, -0.05) is 36.4 Å². The number of hydrogen-bond donors (Lipinski definition) is 0. The lowest BCUT2D eigenvalue weighted by atomic mass is 10.1. The van der Waals surface area contributed by atoms with E-state index in [1.165, 1.54) is 24.3 Å². The van der Waals surface area contributed by atoms with Crippen LogP contribution >= 0.6 is 0 Å². The Kier molecular flexibility index (Phi) is 4.33. The van der Waals surface area contributed by atoms with Crippen molar-refractivity contribution in [2.24, 2.45) is 0 Å². The largest absolute Gasteiger partial charge is 0.490 e. The molecular formula is C20H16N2O5. The maximum absolute atomic E-state index is 12.3. The first-order valence-corrected chi connectivity index (χ1v) is 8.45. The van der Waals surface area contributed by atoms with Crippen molar-refractivity contribution >= 4 is 28.2 Å². The van der Waals surface area contributed by atoms with Crippen LogP contribution in [0.4, 0.5) is 16.2 Å². The third-order valence-corrected chi connectivity index (χ3v) is 4.41. The molecule has 1 aliphatic heterocycles. The predicted molar refractivity (Wildman–Crippen MR) is 100 cm³/mol. The second kappa shape index (κ2) is 6.95. The van der Waals surface area contributed by atoms with E-state index in [0.717, 1.165) is 16.5 Å². The fourth-order valence-corrected chi connectivity index (χ4v) is 3.10. The van der Waals surface area contributed by atoms with Crippen molar-refractivity contribution in [2.45, 2.75) is 6.10 Å². The van der Waals surface area contributed by atoms with Crippen molar-refractivity contribution < 1.29 is 19.2 Å². The van der Waals surface area contributed by atoms with Gasteiger partial charge in [-0.05, 0) is 23.6 Å². The zero-order chi connectivity index (χ0) is 18.8. The molecule has 1 fully saturated rings. The zero-order valence-corrected chi connectivity index (χ0v) is 14.3. The Morgan fingerprint density at radius 2 is 1.81 bits per heavy atom. The van der Waals surface area contributed by atoms with Crippen LogP contribution in [0.1, 0.15) is 0 Å². The number of carbonyl (C=O) groups is 1. The molecule has 1 aliphatic rings. The van der Waals surface area contributed by atoms with Gasteiger partial charge in [0.1, 0.15) is 12.4 Å². The fourth-order valence-electron chi connectivity index (χ4n) is 3.10. The second-order valence-corrected chi connectivity index (χ2v) is 6.18. The number of ether oxygens (including phenoxy) is 2. The average Bonchev–Trinajstić information content (AvgIpc) is 3.06. The number of amides is 1. The summed E-state index contributed by atoms with van der Waals surface area (Å²) in [5, 5.41) is 12.7. The molecule has 0 spiro atoms. The Labute approximate surface area is 154 Å². The highest BCUT2D eigenvalue weighted by Crippen LogP contribution is 2.30. The summed E-state index contributed by atoms with van der Waals surface area (Å²) in [6, 6.07) is 19.4. The highest BCUT2D eigenvalue weighted by atomic mass is 16.6. The maximum atomic E-state index is 12.3.